The van der Waals surface area contributed by atoms with Crippen molar-refractivity contribution in [2.45, 2.75) is 12.8 Å². The van der Waals surface area contributed by atoms with Crippen LogP contribution in [0.5, 0.6) is 0 Å². The third-order valence-corrected chi connectivity index (χ3v) is 3.41. The maximum absolute atomic E-state index is 12.2. The second kappa shape index (κ2) is 5.29. The lowest BCUT2D eigenvalue weighted by molar-refractivity contribution is -0.117. The van der Waals surface area contributed by atoms with Gasteiger partial charge < -0.3 is 0 Å². The van der Waals surface area contributed by atoms with E-state index >= 15 is 0 Å². The smallest absolute Gasteiger partial charge is 0.143 e. The van der Waals surface area contributed by atoms with Gasteiger partial charge in [-0.25, -0.2) is 0 Å². The molecule has 0 aliphatic heterocycles. The zero-order valence-electron chi connectivity index (χ0n) is 11.4. The van der Waals surface area contributed by atoms with E-state index in [1.807, 2.05) is 43.6 Å². The van der Waals surface area contributed by atoms with E-state index in [2.05, 4.69) is 23.3 Å². The first kappa shape index (κ1) is 12.6. The van der Waals surface area contributed by atoms with Crippen LogP contribution in [0.4, 0.5) is 0 Å². The molecule has 20 heavy (non-hydrogen) atoms. The molecule has 0 N–H and O–H groups in total. The first-order valence-electron chi connectivity index (χ1n) is 6.69. The number of fused-ring (bicyclic) bond motifs is 1. The molecule has 0 unspecified atom stereocenters. The molecule has 0 radical (unpaired) electrons. The van der Waals surface area contributed by atoms with E-state index in [0.717, 1.165) is 16.6 Å². The Kier molecular flexibility index (Phi) is 3.33. The molecular formula is C17H16N2O. The van der Waals surface area contributed by atoms with Crippen LogP contribution in [0.15, 0.2) is 54.7 Å². The van der Waals surface area contributed by atoms with Crippen molar-refractivity contribution in [1.29, 1.82) is 0 Å². The van der Waals surface area contributed by atoms with Crippen LogP contribution in [0.25, 0.3) is 10.8 Å². The molecule has 0 spiro atoms. The lowest BCUT2D eigenvalue weighted by Crippen LogP contribution is -2.07. The molecule has 100 valence electrons. The third-order valence-electron chi connectivity index (χ3n) is 3.41. The normalized spacial score (nSPS) is 10.8. The number of carbonyl (C=O) groups is 1. The number of ketones is 1. The van der Waals surface area contributed by atoms with Crippen molar-refractivity contribution in [3.8, 4) is 0 Å². The second-order valence-corrected chi connectivity index (χ2v) is 5.01. The summed E-state index contributed by atoms with van der Waals surface area (Å²) in [7, 11) is 1.86. The van der Waals surface area contributed by atoms with Crippen LogP contribution in [-0.2, 0) is 24.7 Å². The van der Waals surface area contributed by atoms with Crippen molar-refractivity contribution >= 4 is 16.6 Å². The lowest BCUT2D eigenvalue weighted by Gasteiger charge is -2.05. The lowest BCUT2D eigenvalue weighted by atomic mass is 9.99. The minimum atomic E-state index is 0.194. The summed E-state index contributed by atoms with van der Waals surface area (Å²) in [6.07, 6.45) is 2.71. The van der Waals surface area contributed by atoms with Gasteiger partial charge in [0.2, 0.25) is 0 Å². The Labute approximate surface area is 117 Å². The van der Waals surface area contributed by atoms with Gasteiger partial charge in [-0.2, -0.15) is 5.10 Å². The highest BCUT2D eigenvalue weighted by atomic mass is 16.1. The van der Waals surface area contributed by atoms with E-state index in [-0.39, 0.29) is 5.78 Å². The molecule has 3 aromatic rings. The largest absolute Gasteiger partial charge is 0.299 e. The zero-order valence-corrected chi connectivity index (χ0v) is 11.4. The number of carbonyl (C=O) groups excluding carboxylic acids is 1. The molecular weight excluding hydrogens is 248 g/mol. The van der Waals surface area contributed by atoms with Gasteiger partial charge in [-0.15, -0.1) is 0 Å². The Hall–Kier alpha value is -2.42. The fourth-order valence-electron chi connectivity index (χ4n) is 2.48. The van der Waals surface area contributed by atoms with Gasteiger partial charge in [0.25, 0.3) is 0 Å². The molecule has 0 saturated carbocycles. The van der Waals surface area contributed by atoms with Crippen molar-refractivity contribution in [2.75, 3.05) is 0 Å². The molecule has 1 aromatic heterocycles. The molecule has 0 amide bonds. The van der Waals surface area contributed by atoms with Crippen LogP contribution in [0, 0.1) is 0 Å². The summed E-state index contributed by atoms with van der Waals surface area (Å²) in [5.74, 6) is 0.194. The van der Waals surface area contributed by atoms with E-state index in [0.29, 0.717) is 12.8 Å². The van der Waals surface area contributed by atoms with Gasteiger partial charge in [-0.1, -0.05) is 42.5 Å². The molecule has 2 aromatic carbocycles. The van der Waals surface area contributed by atoms with Crippen molar-refractivity contribution in [3.05, 3.63) is 66.0 Å². The van der Waals surface area contributed by atoms with Crippen LogP contribution in [0.1, 0.15) is 11.3 Å². The maximum Gasteiger partial charge on any atom is 0.143 e. The molecule has 3 heteroatoms. The number of hydrogen-bond acceptors (Lipinski definition) is 2. The molecule has 0 aliphatic rings. The highest BCUT2D eigenvalue weighted by molar-refractivity contribution is 5.91. The predicted molar refractivity (Wildman–Crippen MR) is 79.6 cm³/mol. The summed E-state index contributed by atoms with van der Waals surface area (Å²) < 4.78 is 1.72. The highest BCUT2D eigenvalue weighted by Gasteiger charge is 2.09. The standard InChI is InChI=1S/C17H16N2O/c1-19-10-9-15(18-19)12-16(20)11-14-7-4-6-13-5-2-3-8-17(13)14/h2-10H,11-12H2,1H3. The summed E-state index contributed by atoms with van der Waals surface area (Å²) in [5, 5.41) is 6.58. The average Bonchev–Trinajstić information content (AvgIpc) is 2.84. The second-order valence-electron chi connectivity index (χ2n) is 5.01. The minimum absolute atomic E-state index is 0.194. The third kappa shape index (κ3) is 2.62. The van der Waals surface area contributed by atoms with Crippen molar-refractivity contribution < 1.29 is 4.79 Å². The number of aromatic nitrogens is 2. The first-order chi connectivity index (χ1) is 9.72. The molecule has 0 fully saturated rings. The zero-order chi connectivity index (χ0) is 13.9. The van der Waals surface area contributed by atoms with Crippen molar-refractivity contribution in [1.82, 2.24) is 9.78 Å². The van der Waals surface area contributed by atoms with E-state index in [9.17, 15) is 4.79 Å². The monoisotopic (exact) mass is 264 g/mol. The topological polar surface area (TPSA) is 34.9 Å². The van der Waals surface area contributed by atoms with Gasteiger partial charge in [-0.05, 0) is 22.4 Å². The van der Waals surface area contributed by atoms with Crippen molar-refractivity contribution in [3.63, 3.8) is 0 Å². The summed E-state index contributed by atoms with van der Waals surface area (Å²) in [5.41, 5.74) is 1.92. The van der Waals surface area contributed by atoms with Gasteiger partial charge in [0.15, 0.2) is 0 Å². The van der Waals surface area contributed by atoms with Gasteiger partial charge in [0.1, 0.15) is 5.78 Å². The summed E-state index contributed by atoms with van der Waals surface area (Å²) in [6, 6.07) is 16.2. The SMILES string of the molecule is Cn1ccc(CC(=O)Cc2cccc3ccccc23)n1. The van der Waals surface area contributed by atoms with E-state index in [4.69, 9.17) is 0 Å². The number of Topliss-reactive ketones (excluding diaryl/α,β-unsaturated/α-hetero) is 1. The van der Waals surface area contributed by atoms with Crippen LogP contribution < -0.4 is 0 Å². The molecule has 3 rings (SSSR count). The number of aryl methyl sites for hydroxylation is 1. The van der Waals surface area contributed by atoms with Gasteiger partial charge in [0, 0.05) is 19.7 Å². The molecule has 0 atom stereocenters. The van der Waals surface area contributed by atoms with Crippen molar-refractivity contribution in [2.24, 2.45) is 7.05 Å². The summed E-state index contributed by atoms with van der Waals surface area (Å²) >= 11 is 0. The number of rotatable bonds is 4. The van der Waals surface area contributed by atoms with Crippen LogP contribution in [0.3, 0.4) is 0 Å². The molecule has 0 aliphatic carbocycles. The number of nitrogens with zero attached hydrogens (tertiary/aromatic N) is 2. The fraction of sp³-hybridized carbons (Fsp3) is 0.176. The summed E-state index contributed by atoms with van der Waals surface area (Å²) in [4.78, 5) is 12.2. The van der Waals surface area contributed by atoms with Gasteiger partial charge >= 0.3 is 0 Å². The Morgan fingerprint density at radius 1 is 1.05 bits per heavy atom. The highest BCUT2D eigenvalue weighted by Crippen LogP contribution is 2.19. The fourth-order valence-corrected chi connectivity index (χ4v) is 2.48. The maximum atomic E-state index is 12.2. The average molecular weight is 264 g/mol. The van der Waals surface area contributed by atoms with E-state index < -0.39 is 0 Å². The van der Waals surface area contributed by atoms with Gasteiger partial charge in [0.05, 0.1) is 12.1 Å². The molecule has 3 nitrogen and oxygen atoms in total. The Bertz CT molecular complexity index is 753. The Morgan fingerprint density at radius 2 is 1.85 bits per heavy atom. The minimum Gasteiger partial charge on any atom is -0.299 e. The quantitative estimate of drug-likeness (QED) is 0.726. The Balaban J connectivity index is 1.81. The summed E-state index contributed by atoms with van der Waals surface area (Å²) in [6.45, 7) is 0. The van der Waals surface area contributed by atoms with Gasteiger partial charge in [-0.3, -0.25) is 9.48 Å². The number of benzene rings is 2. The van der Waals surface area contributed by atoms with E-state index in [1.54, 1.807) is 4.68 Å². The van der Waals surface area contributed by atoms with Crippen LogP contribution in [-0.4, -0.2) is 15.6 Å². The Morgan fingerprint density at radius 3 is 2.65 bits per heavy atom. The number of hydrogen-bond donors (Lipinski definition) is 0. The molecule has 0 bridgehead atoms. The molecule has 1 heterocycles. The van der Waals surface area contributed by atoms with E-state index in [1.165, 1.54) is 5.39 Å². The van der Waals surface area contributed by atoms with Crippen LogP contribution in [0.2, 0.25) is 0 Å². The molecule has 0 saturated heterocycles. The van der Waals surface area contributed by atoms with Crippen LogP contribution >= 0.6 is 0 Å². The predicted octanol–water partition coefficient (Wildman–Crippen LogP) is 2.93. The first-order valence-corrected chi connectivity index (χ1v) is 6.69.